The van der Waals surface area contributed by atoms with E-state index >= 15 is 0 Å². The Hall–Kier alpha value is -0.860. The van der Waals surface area contributed by atoms with Crippen molar-refractivity contribution in [2.75, 3.05) is 19.6 Å². The van der Waals surface area contributed by atoms with Crippen molar-refractivity contribution in [1.82, 2.24) is 4.48 Å². The quantitative estimate of drug-likeness (QED) is 0.177. The minimum Gasteiger partial charge on any atom is -0.870 e. The lowest BCUT2D eigenvalue weighted by atomic mass is 10.0. The Labute approximate surface area is 183 Å². The van der Waals surface area contributed by atoms with Crippen molar-refractivity contribution in [3.8, 4) is 0 Å². The van der Waals surface area contributed by atoms with Crippen molar-refractivity contribution >= 4 is 5.69 Å². The Balaban J connectivity index is 0.00000784. The van der Waals surface area contributed by atoms with Gasteiger partial charge in [0.25, 0.3) is 0 Å². The maximum absolute atomic E-state index is 2.35. The highest BCUT2D eigenvalue weighted by Gasteiger charge is 2.25. The summed E-state index contributed by atoms with van der Waals surface area (Å²) in [5.74, 6) is 0. The third-order valence-corrected chi connectivity index (χ3v) is 6.73. The molecule has 0 heterocycles. The number of unbranched alkanes of at least 4 members (excludes halogenated alkanes) is 13. The minimum atomic E-state index is 0. The van der Waals surface area contributed by atoms with Crippen LogP contribution < -0.4 is 4.48 Å². The Morgan fingerprint density at radius 1 is 0.552 bits per heavy atom. The van der Waals surface area contributed by atoms with Gasteiger partial charge in [-0.05, 0) is 45.7 Å². The van der Waals surface area contributed by atoms with Gasteiger partial charge in [0.2, 0.25) is 0 Å². The van der Waals surface area contributed by atoms with Crippen molar-refractivity contribution in [3.05, 3.63) is 29.8 Å². The summed E-state index contributed by atoms with van der Waals surface area (Å²) in [6.45, 7) is 12.9. The molecule has 0 aromatic heterocycles. The first kappa shape index (κ1) is 28.1. The van der Waals surface area contributed by atoms with Crippen LogP contribution in [0, 0.1) is 6.92 Å². The monoisotopic (exact) mass is 405 g/mol. The van der Waals surface area contributed by atoms with Crippen LogP contribution in [0.4, 0.5) is 5.69 Å². The Morgan fingerprint density at radius 3 is 1.31 bits per heavy atom. The molecule has 0 bridgehead atoms. The van der Waals surface area contributed by atoms with Gasteiger partial charge in [-0.1, -0.05) is 102 Å². The number of nitrogens with zero attached hydrogens (tertiary/aromatic N) is 1. The summed E-state index contributed by atoms with van der Waals surface area (Å²) >= 11 is 0. The highest BCUT2D eigenvalue weighted by atomic mass is 16.0. The van der Waals surface area contributed by atoms with E-state index in [4.69, 9.17) is 0 Å². The van der Waals surface area contributed by atoms with Gasteiger partial charge in [-0.2, -0.15) is 0 Å². The molecule has 0 atom stereocenters. The molecule has 2 nitrogen and oxygen atoms in total. The summed E-state index contributed by atoms with van der Waals surface area (Å²) < 4.78 is 1.15. The summed E-state index contributed by atoms with van der Waals surface area (Å²) in [6.07, 6.45) is 20.1. The van der Waals surface area contributed by atoms with Crippen molar-refractivity contribution in [3.63, 3.8) is 0 Å². The molecule has 0 aliphatic rings. The highest BCUT2D eigenvalue weighted by Crippen LogP contribution is 2.25. The molecule has 1 aromatic rings. The average molecular weight is 406 g/mol. The smallest absolute Gasteiger partial charge is 0.132 e. The van der Waals surface area contributed by atoms with Crippen LogP contribution in [-0.4, -0.2) is 25.1 Å². The molecule has 170 valence electrons. The lowest BCUT2D eigenvalue weighted by molar-refractivity contribution is 0.291. The molecule has 0 radical (unpaired) electrons. The van der Waals surface area contributed by atoms with E-state index in [0.29, 0.717) is 0 Å². The molecule has 29 heavy (non-hydrogen) atoms. The van der Waals surface area contributed by atoms with Crippen LogP contribution in [0.2, 0.25) is 0 Å². The van der Waals surface area contributed by atoms with Gasteiger partial charge in [-0.3, -0.25) is 4.48 Å². The van der Waals surface area contributed by atoms with Crippen LogP contribution in [0.1, 0.15) is 116 Å². The van der Waals surface area contributed by atoms with Crippen LogP contribution in [-0.2, 0) is 0 Å². The lowest BCUT2D eigenvalue weighted by Crippen LogP contribution is -2.49. The van der Waals surface area contributed by atoms with Gasteiger partial charge in [0.05, 0.1) is 19.6 Å². The maximum Gasteiger partial charge on any atom is 0.132 e. The third kappa shape index (κ3) is 11.8. The van der Waals surface area contributed by atoms with E-state index in [0.717, 1.165) is 4.48 Å². The second-order valence-electron chi connectivity index (χ2n) is 8.93. The number of hydrogen-bond acceptors (Lipinski definition) is 1. The molecule has 0 saturated carbocycles. The van der Waals surface area contributed by atoms with E-state index in [9.17, 15) is 0 Å². The second kappa shape index (κ2) is 18.0. The van der Waals surface area contributed by atoms with Crippen LogP contribution >= 0.6 is 0 Å². The largest absolute Gasteiger partial charge is 0.870 e. The predicted molar refractivity (Wildman–Crippen MR) is 131 cm³/mol. The first-order chi connectivity index (χ1) is 13.7. The minimum absolute atomic E-state index is 0. The highest BCUT2D eigenvalue weighted by molar-refractivity contribution is 5.44. The molecular weight excluding hydrogens is 354 g/mol. The van der Waals surface area contributed by atoms with Gasteiger partial charge < -0.3 is 5.48 Å². The number of aryl methyl sites for hydroxylation is 1. The van der Waals surface area contributed by atoms with Crippen LogP contribution in [0.5, 0.6) is 0 Å². The van der Waals surface area contributed by atoms with Crippen LogP contribution in [0.15, 0.2) is 24.3 Å². The zero-order chi connectivity index (χ0) is 20.5. The molecule has 1 N–H and O–H groups in total. The van der Waals surface area contributed by atoms with E-state index < -0.39 is 0 Å². The third-order valence-electron chi connectivity index (χ3n) is 6.73. The van der Waals surface area contributed by atoms with Crippen molar-refractivity contribution in [1.29, 1.82) is 0 Å². The van der Waals surface area contributed by atoms with Gasteiger partial charge in [0.1, 0.15) is 5.69 Å². The molecule has 0 aliphatic heterocycles. The zero-order valence-electron chi connectivity index (χ0n) is 20.2. The molecular formula is C27H51NO. The molecule has 0 spiro atoms. The van der Waals surface area contributed by atoms with E-state index in [1.807, 2.05) is 0 Å². The van der Waals surface area contributed by atoms with Crippen LogP contribution in [0.25, 0.3) is 0 Å². The second-order valence-corrected chi connectivity index (χ2v) is 8.93. The van der Waals surface area contributed by atoms with Crippen molar-refractivity contribution < 1.29 is 5.48 Å². The van der Waals surface area contributed by atoms with Crippen molar-refractivity contribution in [2.45, 2.75) is 118 Å². The van der Waals surface area contributed by atoms with Crippen molar-refractivity contribution in [2.24, 2.45) is 0 Å². The van der Waals surface area contributed by atoms with Gasteiger partial charge in [0, 0.05) is 0 Å². The fourth-order valence-electron chi connectivity index (χ4n) is 4.50. The molecule has 1 aromatic carbocycles. The van der Waals surface area contributed by atoms with E-state index in [1.165, 1.54) is 121 Å². The fraction of sp³-hybridized carbons (Fsp3) is 0.778. The molecule has 0 unspecified atom stereocenters. The Kier molecular flexibility index (Phi) is 17.4. The summed E-state index contributed by atoms with van der Waals surface area (Å²) in [4.78, 5) is 0. The number of quaternary nitrogens is 1. The van der Waals surface area contributed by atoms with Gasteiger partial charge in [0.15, 0.2) is 0 Å². The molecule has 0 amide bonds. The van der Waals surface area contributed by atoms with Gasteiger partial charge in [-0.25, -0.2) is 0 Å². The van der Waals surface area contributed by atoms with E-state index in [-0.39, 0.29) is 5.48 Å². The van der Waals surface area contributed by atoms with Crippen LogP contribution in [0.3, 0.4) is 0 Å². The number of rotatable bonds is 18. The first-order valence-corrected chi connectivity index (χ1v) is 12.6. The first-order valence-electron chi connectivity index (χ1n) is 12.6. The molecule has 0 aliphatic carbocycles. The summed E-state index contributed by atoms with van der Waals surface area (Å²) in [6, 6.07) is 9.26. The summed E-state index contributed by atoms with van der Waals surface area (Å²) in [5, 5.41) is 0. The average Bonchev–Trinajstić information content (AvgIpc) is 2.72. The summed E-state index contributed by atoms with van der Waals surface area (Å²) in [7, 11) is 0. The van der Waals surface area contributed by atoms with E-state index in [1.54, 1.807) is 0 Å². The molecule has 0 saturated heterocycles. The fourth-order valence-corrected chi connectivity index (χ4v) is 4.50. The zero-order valence-corrected chi connectivity index (χ0v) is 20.2. The van der Waals surface area contributed by atoms with Gasteiger partial charge >= 0.3 is 0 Å². The Bertz CT molecular complexity index is 464. The SMILES string of the molecule is CCCCCCCCCCCCCCCC[N+](CC)(CC)c1ccc(C)cc1.[OH-]. The normalized spacial score (nSPS) is 11.4. The summed E-state index contributed by atoms with van der Waals surface area (Å²) in [5.41, 5.74) is 2.87. The molecule has 2 heteroatoms. The van der Waals surface area contributed by atoms with Gasteiger partial charge in [-0.15, -0.1) is 0 Å². The number of hydrogen-bond donors (Lipinski definition) is 0. The molecule has 1 rings (SSSR count). The number of benzene rings is 1. The predicted octanol–water partition coefficient (Wildman–Crippen LogP) is 8.65. The maximum atomic E-state index is 2.35. The standard InChI is InChI=1S/C27H50N.H2O/c1-5-8-9-10-11-12-13-14-15-16-17-18-19-20-25-28(6-2,7-3)27-23-21-26(4)22-24-27;/h21-24H,5-20,25H2,1-4H3;1H2/q+1;/p-1. The Morgan fingerprint density at radius 2 is 0.931 bits per heavy atom. The topological polar surface area (TPSA) is 30.0 Å². The molecule has 0 fully saturated rings. The lowest BCUT2D eigenvalue weighted by Gasteiger charge is -2.36. The van der Waals surface area contributed by atoms with E-state index in [2.05, 4.69) is 52.0 Å².